The number of nitrogens with zero attached hydrogens (tertiary/aromatic N) is 3. The molecule has 0 N–H and O–H groups in total. The van der Waals surface area contributed by atoms with Crippen molar-refractivity contribution < 1.29 is 13.3 Å². The predicted molar refractivity (Wildman–Crippen MR) is 101 cm³/mol. The number of hydrogen-bond acceptors (Lipinski definition) is 4. The Balaban J connectivity index is 2.08. The maximum atomic E-state index is 13.8. The summed E-state index contributed by atoms with van der Waals surface area (Å²) in [6.45, 7) is 5.86. The first kappa shape index (κ1) is 18.0. The lowest BCUT2D eigenvalue weighted by Gasteiger charge is -2.13. The second kappa shape index (κ2) is 6.37. The van der Waals surface area contributed by atoms with Gasteiger partial charge in [-0.15, -0.1) is 0 Å². The summed E-state index contributed by atoms with van der Waals surface area (Å²) in [4.78, 5) is 17.6. The summed E-state index contributed by atoms with van der Waals surface area (Å²) in [6, 6.07) is 12.4. The molecule has 4 aromatic rings. The molecule has 0 saturated heterocycles. The van der Waals surface area contributed by atoms with Crippen LogP contribution in [0.2, 0.25) is 0 Å². The average Bonchev–Trinajstić information content (AvgIpc) is 3.14. The summed E-state index contributed by atoms with van der Waals surface area (Å²) in [7, 11) is 0. The van der Waals surface area contributed by atoms with Gasteiger partial charge >= 0.3 is 0 Å². The zero-order valence-electron chi connectivity index (χ0n) is 15.5. The van der Waals surface area contributed by atoms with Crippen LogP contribution in [-0.4, -0.2) is 14.7 Å². The molecule has 2 aromatic heterocycles. The fourth-order valence-electron chi connectivity index (χ4n) is 2.90. The number of hydrogen-bond donors (Lipinski definition) is 0. The van der Waals surface area contributed by atoms with Crippen molar-refractivity contribution in [3.63, 3.8) is 0 Å². The molecule has 0 atom stereocenters. The molecule has 0 bridgehead atoms. The Morgan fingerprint density at radius 3 is 2.32 bits per heavy atom. The highest BCUT2D eigenvalue weighted by Gasteiger charge is 2.23. The van der Waals surface area contributed by atoms with E-state index in [1.807, 2.05) is 26.8 Å². The summed E-state index contributed by atoms with van der Waals surface area (Å²) < 4.78 is 34.2. The van der Waals surface area contributed by atoms with E-state index in [1.54, 1.807) is 30.3 Å². The molecule has 4 rings (SSSR count). The van der Waals surface area contributed by atoms with E-state index in [2.05, 4.69) is 10.1 Å². The molecule has 28 heavy (non-hydrogen) atoms. The van der Waals surface area contributed by atoms with Gasteiger partial charge in [-0.25, -0.2) is 18.3 Å². The molecule has 5 nitrogen and oxygen atoms in total. The molecule has 2 heterocycles. The lowest BCUT2D eigenvalue weighted by atomic mass is 9.93. The number of aromatic nitrogens is 3. The molecule has 2 aromatic carbocycles. The first-order valence-electron chi connectivity index (χ1n) is 8.70. The third-order valence-electron chi connectivity index (χ3n) is 4.41. The summed E-state index contributed by atoms with van der Waals surface area (Å²) in [5.74, 6) is -1.10. The van der Waals surface area contributed by atoms with Gasteiger partial charge in [-0.05, 0) is 6.07 Å². The topological polar surface area (TPSA) is 60.9 Å². The van der Waals surface area contributed by atoms with Gasteiger partial charge in [-0.3, -0.25) is 4.79 Å². The molecular weight excluding hydrogens is 364 g/mol. The molecule has 7 heteroatoms. The Morgan fingerprint density at radius 2 is 1.68 bits per heavy atom. The Labute approximate surface area is 159 Å². The van der Waals surface area contributed by atoms with Crippen LogP contribution in [0.25, 0.3) is 28.1 Å². The minimum atomic E-state index is -1.11. The van der Waals surface area contributed by atoms with Crippen LogP contribution in [0.4, 0.5) is 8.78 Å². The van der Waals surface area contributed by atoms with E-state index in [9.17, 15) is 13.6 Å². The smallest absolute Gasteiger partial charge is 0.267 e. The number of benzene rings is 2. The van der Waals surface area contributed by atoms with E-state index >= 15 is 0 Å². The van der Waals surface area contributed by atoms with Crippen molar-refractivity contribution in [2.75, 3.05) is 0 Å². The van der Waals surface area contributed by atoms with Gasteiger partial charge in [0.15, 0.2) is 17.5 Å². The van der Waals surface area contributed by atoms with Gasteiger partial charge in [0.1, 0.15) is 11.6 Å². The van der Waals surface area contributed by atoms with E-state index in [4.69, 9.17) is 4.52 Å². The molecule has 0 unspecified atom stereocenters. The van der Waals surface area contributed by atoms with E-state index < -0.39 is 17.2 Å². The van der Waals surface area contributed by atoms with Crippen molar-refractivity contribution in [3.05, 3.63) is 76.3 Å². The molecule has 0 amide bonds. The zero-order chi connectivity index (χ0) is 20.1. The van der Waals surface area contributed by atoms with Crippen molar-refractivity contribution >= 4 is 10.9 Å². The second-order valence-electron chi connectivity index (χ2n) is 7.52. The van der Waals surface area contributed by atoms with Crippen LogP contribution in [0.3, 0.4) is 0 Å². The first-order valence-corrected chi connectivity index (χ1v) is 8.70. The highest BCUT2D eigenvalue weighted by molar-refractivity contribution is 5.80. The van der Waals surface area contributed by atoms with E-state index in [0.29, 0.717) is 11.3 Å². The molecular formula is C21H17F2N3O2. The Morgan fingerprint density at radius 1 is 1.00 bits per heavy atom. The van der Waals surface area contributed by atoms with E-state index in [-0.39, 0.29) is 28.0 Å². The summed E-state index contributed by atoms with van der Waals surface area (Å²) >= 11 is 0. The fourth-order valence-corrected chi connectivity index (χ4v) is 2.90. The molecule has 0 fully saturated rings. The maximum Gasteiger partial charge on any atom is 0.267 e. The summed E-state index contributed by atoms with van der Waals surface area (Å²) in [6.07, 6.45) is 0. The zero-order valence-corrected chi connectivity index (χ0v) is 15.5. The van der Waals surface area contributed by atoms with Crippen LogP contribution in [0.15, 0.2) is 57.8 Å². The van der Waals surface area contributed by atoms with Crippen molar-refractivity contribution in [2.45, 2.75) is 26.2 Å². The van der Waals surface area contributed by atoms with E-state index in [1.165, 1.54) is 4.57 Å². The van der Waals surface area contributed by atoms with Crippen LogP contribution in [-0.2, 0) is 5.41 Å². The second-order valence-corrected chi connectivity index (χ2v) is 7.52. The first-order chi connectivity index (χ1) is 13.3. The lowest BCUT2D eigenvalue weighted by molar-refractivity contribution is 0.328. The molecule has 0 saturated carbocycles. The third kappa shape index (κ3) is 2.98. The third-order valence-corrected chi connectivity index (χ3v) is 4.41. The maximum absolute atomic E-state index is 13.8. The van der Waals surface area contributed by atoms with Crippen molar-refractivity contribution in [1.82, 2.24) is 14.7 Å². The molecule has 0 radical (unpaired) electrons. The number of halogens is 2. The van der Waals surface area contributed by atoms with Crippen LogP contribution < -0.4 is 5.56 Å². The highest BCUT2D eigenvalue weighted by atomic mass is 19.2. The molecule has 0 aliphatic carbocycles. The fraction of sp³-hybridized carbons (Fsp3) is 0.190. The minimum Gasteiger partial charge on any atom is -0.359 e. The average molecular weight is 381 g/mol. The van der Waals surface area contributed by atoms with Gasteiger partial charge < -0.3 is 4.52 Å². The standard InChI is InChI=1S/C21H17F2N3O2/c1-21(2,3)17-11-18(25-28-17)26-19(12-7-5-4-6-8-12)24-16-10-15(23)14(22)9-13(16)20(26)27/h4-11H,1-3H3. The SMILES string of the molecule is CC(C)(C)c1cc(-n2c(-c3ccccc3)nc3cc(F)c(F)cc3c2=O)no1. The van der Waals surface area contributed by atoms with Crippen LogP contribution in [0.5, 0.6) is 0 Å². The van der Waals surface area contributed by atoms with Gasteiger partial charge in [0.05, 0.1) is 10.9 Å². The molecule has 0 aliphatic rings. The molecule has 0 aliphatic heterocycles. The monoisotopic (exact) mass is 381 g/mol. The largest absolute Gasteiger partial charge is 0.359 e. The number of fused-ring (bicyclic) bond motifs is 1. The van der Waals surface area contributed by atoms with Crippen molar-refractivity contribution in [1.29, 1.82) is 0 Å². The Kier molecular flexibility index (Phi) is 4.10. The van der Waals surface area contributed by atoms with Crippen molar-refractivity contribution in [3.8, 4) is 17.2 Å². The van der Waals surface area contributed by atoms with Gasteiger partial charge in [-0.1, -0.05) is 56.3 Å². The van der Waals surface area contributed by atoms with Gasteiger partial charge in [-0.2, -0.15) is 0 Å². The van der Waals surface area contributed by atoms with Crippen LogP contribution >= 0.6 is 0 Å². The Hall–Kier alpha value is -3.35. The van der Waals surface area contributed by atoms with Crippen LogP contribution in [0.1, 0.15) is 26.5 Å². The number of rotatable bonds is 2. The van der Waals surface area contributed by atoms with Gasteiger partial charge in [0.2, 0.25) is 0 Å². The Bertz CT molecular complexity index is 1240. The summed E-state index contributed by atoms with van der Waals surface area (Å²) in [5.41, 5.74) is -0.178. The normalized spacial score (nSPS) is 11.9. The molecule has 142 valence electrons. The van der Waals surface area contributed by atoms with Crippen LogP contribution in [0, 0.1) is 11.6 Å². The van der Waals surface area contributed by atoms with Gasteiger partial charge in [0.25, 0.3) is 5.56 Å². The van der Waals surface area contributed by atoms with E-state index in [0.717, 1.165) is 12.1 Å². The predicted octanol–water partition coefficient (Wildman–Crippen LogP) is 4.62. The van der Waals surface area contributed by atoms with Gasteiger partial charge in [0, 0.05) is 23.1 Å². The van der Waals surface area contributed by atoms with Crippen molar-refractivity contribution in [2.24, 2.45) is 0 Å². The quantitative estimate of drug-likeness (QED) is 0.508. The lowest BCUT2D eigenvalue weighted by Crippen LogP contribution is -2.22. The summed E-state index contributed by atoms with van der Waals surface area (Å²) in [5, 5.41) is 3.98. The minimum absolute atomic E-state index is 0.0427. The highest BCUT2D eigenvalue weighted by Crippen LogP contribution is 2.27. The molecule has 0 spiro atoms.